The number of benzene rings is 1. The quantitative estimate of drug-likeness (QED) is 0.0267. The smallest absolute Gasteiger partial charge is 0.287 e. The first-order valence-electron chi connectivity index (χ1n) is 18.8. The van der Waals surface area contributed by atoms with Crippen LogP contribution in [0.2, 0.25) is 0 Å². The van der Waals surface area contributed by atoms with E-state index in [9.17, 15) is 49.8 Å². The molecule has 1 aromatic rings. The number of nitrogens with one attached hydrogen (secondary N) is 4. The molecule has 4 rings (SSSR count). The summed E-state index contributed by atoms with van der Waals surface area (Å²) in [6.07, 6.45) is -17.8. The van der Waals surface area contributed by atoms with E-state index in [0.717, 1.165) is 6.92 Å². The Hall–Kier alpha value is -3.79. The van der Waals surface area contributed by atoms with Crippen LogP contribution in [0.5, 0.6) is 0 Å². The largest absolute Gasteiger partial charge is 0.394 e. The Morgan fingerprint density at radius 3 is 1.78 bits per heavy atom. The third kappa shape index (κ3) is 11.9. The standard InChI is InChI=1S/C36H56N6O17/c1-15(46)41-24-27(50)29(53-2)19(12-43)56-35(24)59-31-21(14-45)57-36(58-30-20(13-44)55-34(54-3)23(37)26(30)49)25(28(31)51)42-22(48)5-4-10-40-33(52)18(47)11-16-6-8-17(9-7-16)32(38)39/h6-9,19-21,23-31,34-36,43-45,49-51H,4-5,10-14,37H2,1-3H3,(H3,38,39)(H,40,52)(H,41,46)(H,42,48)/t19?,20?,21?,23-,24-,25-,26?,27-,28?,29?,30+,31+,34+,35?,36-/m0/s1. The molecule has 3 heterocycles. The van der Waals surface area contributed by atoms with E-state index in [4.69, 9.17) is 50.0 Å². The number of amides is 3. The molecule has 1 aromatic carbocycles. The zero-order valence-corrected chi connectivity index (χ0v) is 32.7. The molecule has 3 amide bonds. The molecule has 59 heavy (non-hydrogen) atoms. The van der Waals surface area contributed by atoms with Crippen LogP contribution in [-0.2, 0) is 58.8 Å². The number of ether oxygens (including phenoxy) is 7. The summed E-state index contributed by atoms with van der Waals surface area (Å²) in [5.74, 6) is -3.12. The van der Waals surface area contributed by atoms with Crippen molar-refractivity contribution in [3.05, 3.63) is 35.4 Å². The van der Waals surface area contributed by atoms with E-state index in [-0.39, 0.29) is 31.6 Å². The number of Topliss-reactive ketones (excluding diaryl/α,β-unsaturated/α-hetero) is 1. The van der Waals surface area contributed by atoms with Crippen molar-refractivity contribution in [2.45, 2.75) is 118 Å². The predicted molar refractivity (Wildman–Crippen MR) is 199 cm³/mol. The highest BCUT2D eigenvalue weighted by Crippen LogP contribution is 2.33. The Bertz CT molecular complexity index is 1570. The fourth-order valence-electron chi connectivity index (χ4n) is 7.02. The van der Waals surface area contributed by atoms with Crippen LogP contribution >= 0.6 is 0 Å². The highest BCUT2D eigenvalue weighted by Gasteiger charge is 2.54. The molecular weight excluding hydrogens is 788 g/mol. The highest BCUT2D eigenvalue weighted by atomic mass is 16.7. The van der Waals surface area contributed by atoms with E-state index >= 15 is 0 Å². The zero-order valence-electron chi connectivity index (χ0n) is 32.7. The zero-order chi connectivity index (χ0) is 43.6. The van der Waals surface area contributed by atoms with Gasteiger partial charge in [0.15, 0.2) is 18.9 Å². The number of nitrogens with two attached hydrogens (primary N) is 2. The number of ketones is 1. The predicted octanol–water partition coefficient (Wildman–Crippen LogP) is -6.04. The second-order valence-corrected chi connectivity index (χ2v) is 14.3. The molecular formula is C36H56N6O17. The summed E-state index contributed by atoms with van der Waals surface area (Å²) in [6, 6.07) is 2.13. The lowest BCUT2D eigenvalue weighted by Crippen LogP contribution is -2.70. The summed E-state index contributed by atoms with van der Waals surface area (Å²) in [7, 11) is 2.53. The summed E-state index contributed by atoms with van der Waals surface area (Å²) in [5.41, 5.74) is 12.5. The summed E-state index contributed by atoms with van der Waals surface area (Å²) < 4.78 is 40.0. The second kappa shape index (κ2) is 22.2. The van der Waals surface area contributed by atoms with Crippen LogP contribution in [0.1, 0.15) is 30.9 Å². The first kappa shape index (κ1) is 47.9. The topological polar surface area (TPSA) is 366 Å². The molecule has 0 aliphatic carbocycles. The van der Waals surface area contributed by atoms with E-state index in [1.54, 1.807) is 24.3 Å². The van der Waals surface area contributed by atoms with E-state index in [1.165, 1.54) is 14.2 Å². The van der Waals surface area contributed by atoms with Crippen molar-refractivity contribution in [3.63, 3.8) is 0 Å². The van der Waals surface area contributed by atoms with Crippen LogP contribution in [0.15, 0.2) is 24.3 Å². The molecule has 3 aliphatic heterocycles. The molecule has 23 nitrogen and oxygen atoms in total. The van der Waals surface area contributed by atoms with Crippen LogP contribution in [0.25, 0.3) is 0 Å². The van der Waals surface area contributed by atoms with Gasteiger partial charge in [-0.2, -0.15) is 0 Å². The fraction of sp³-hybridized carbons (Fsp3) is 0.694. The molecule has 3 fully saturated rings. The summed E-state index contributed by atoms with van der Waals surface area (Å²) in [6.45, 7) is -1.13. The molecule has 3 aliphatic rings. The van der Waals surface area contributed by atoms with Crippen LogP contribution in [0.3, 0.4) is 0 Å². The molecule has 0 spiro atoms. The van der Waals surface area contributed by atoms with Gasteiger partial charge in [-0.15, -0.1) is 0 Å². The first-order valence-corrected chi connectivity index (χ1v) is 18.8. The Kier molecular flexibility index (Phi) is 18.0. The Morgan fingerprint density at radius 2 is 1.27 bits per heavy atom. The maximum atomic E-state index is 13.4. The van der Waals surface area contributed by atoms with Gasteiger partial charge in [0.25, 0.3) is 5.91 Å². The van der Waals surface area contributed by atoms with Gasteiger partial charge in [0.1, 0.15) is 72.9 Å². The number of rotatable bonds is 19. The van der Waals surface area contributed by atoms with Crippen molar-refractivity contribution in [2.75, 3.05) is 40.6 Å². The van der Waals surface area contributed by atoms with Gasteiger partial charge in [0.05, 0.1) is 25.9 Å². The van der Waals surface area contributed by atoms with Gasteiger partial charge in [0, 0.05) is 46.1 Å². The number of nitrogen functional groups attached to an aromatic ring is 1. The number of amidine groups is 1. The number of methoxy groups -OCH3 is 2. The minimum atomic E-state index is -1.84. The number of carbonyl (C=O) groups is 4. The normalized spacial score (nSPS) is 34.7. The average molecular weight is 845 g/mol. The van der Waals surface area contributed by atoms with Gasteiger partial charge in [-0.05, 0) is 12.0 Å². The van der Waals surface area contributed by atoms with Gasteiger partial charge >= 0.3 is 0 Å². The number of hydrogen-bond donors (Lipinski definition) is 12. The van der Waals surface area contributed by atoms with Crippen LogP contribution < -0.4 is 27.4 Å². The first-order chi connectivity index (χ1) is 28.1. The summed E-state index contributed by atoms with van der Waals surface area (Å²) in [5, 5.41) is 79.5. The number of hydrogen-bond acceptors (Lipinski definition) is 19. The summed E-state index contributed by atoms with van der Waals surface area (Å²) in [4.78, 5) is 50.5. The lowest BCUT2D eigenvalue weighted by molar-refractivity contribution is -0.352. The number of aliphatic hydroxyl groups is 6. The Balaban J connectivity index is 1.50. The van der Waals surface area contributed by atoms with Gasteiger partial charge < -0.3 is 91.2 Å². The third-order valence-electron chi connectivity index (χ3n) is 10.1. The monoisotopic (exact) mass is 844 g/mol. The van der Waals surface area contributed by atoms with Crippen LogP contribution in [0, 0.1) is 5.41 Å². The number of aliphatic hydroxyl groups excluding tert-OH is 6. The Labute approximate surface area is 339 Å². The number of carbonyl (C=O) groups excluding carboxylic acids is 4. The van der Waals surface area contributed by atoms with Crippen molar-refractivity contribution >= 4 is 29.3 Å². The third-order valence-corrected chi connectivity index (χ3v) is 10.1. The second-order valence-electron chi connectivity index (χ2n) is 14.3. The molecule has 0 radical (unpaired) electrons. The minimum absolute atomic E-state index is 0.0109. The van der Waals surface area contributed by atoms with Crippen molar-refractivity contribution < 1.29 is 83.0 Å². The van der Waals surface area contributed by atoms with E-state index < -0.39 is 135 Å². The molecule has 332 valence electrons. The van der Waals surface area contributed by atoms with E-state index in [2.05, 4.69) is 16.0 Å². The van der Waals surface area contributed by atoms with Gasteiger partial charge in [-0.3, -0.25) is 24.6 Å². The minimum Gasteiger partial charge on any atom is -0.394 e. The van der Waals surface area contributed by atoms with Crippen molar-refractivity contribution in [3.8, 4) is 0 Å². The van der Waals surface area contributed by atoms with Crippen molar-refractivity contribution in [2.24, 2.45) is 11.5 Å². The molecule has 0 bridgehead atoms. The average Bonchev–Trinajstić information content (AvgIpc) is 3.21. The maximum absolute atomic E-state index is 13.4. The van der Waals surface area contributed by atoms with E-state index in [1.807, 2.05) is 0 Å². The molecule has 0 saturated carbocycles. The summed E-state index contributed by atoms with van der Waals surface area (Å²) >= 11 is 0. The lowest BCUT2D eigenvalue weighted by Gasteiger charge is -2.50. The van der Waals surface area contributed by atoms with Gasteiger partial charge in [-0.25, -0.2) is 0 Å². The molecule has 15 atom stereocenters. The van der Waals surface area contributed by atoms with Crippen molar-refractivity contribution in [1.29, 1.82) is 5.41 Å². The molecule has 3 saturated heterocycles. The van der Waals surface area contributed by atoms with Gasteiger partial charge in [-0.1, -0.05) is 24.3 Å². The van der Waals surface area contributed by atoms with Gasteiger partial charge in [0.2, 0.25) is 17.6 Å². The molecule has 0 aromatic heterocycles. The molecule has 7 unspecified atom stereocenters. The SMILES string of the molecule is COC1C(CO)OC(O[C@@H]2C(CO)O[C@@H](O[C@@H]3C(CO)O[C@@H](OC)[C@@H](N)C3O)[C@@H](NC(=O)CCCNC(=O)C(=O)Cc3ccc(C(=N)N)cc3)C2O)[C@@H](NC(C)=O)[C@@H]1O. The molecule has 23 heteroatoms. The van der Waals surface area contributed by atoms with E-state index in [0.29, 0.717) is 11.1 Å². The lowest BCUT2D eigenvalue weighted by atomic mass is 9.93. The Morgan fingerprint density at radius 1 is 0.763 bits per heavy atom. The maximum Gasteiger partial charge on any atom is 0.287 e. The van der Waals surface area contributed by atoms with Crippen molar-refractivity contribution in [1.82, 2.24) is 16.0 Å². The molecule has 14 N–H and O–H groups in total. The van der Waals surface area contributed by atoms with Crippen LogP contribution in [0.4, 0.5) is 0 Å². The fourth-order valence-corrected chi connectivity index (χ4v) is 7.02. The highest BCUT2D eigenvalue weighted by molar-refractivity contribution is 6.36. The van der Waals surface area contributed by atoms with Crippen LogP contribution in [-0.4, -0.2) is 192 Å².